The minimum absolute atomic E-state index is 0.199. The van der Waals surface area contributed by atoms with Gasteiger partial charge in [0.2, 0.25) is 5.91 Å². The highest BCUT2D eigenvalue weighted by molar-refractivity contribution is 7.99. The number of rotatable bonds is 5. The van der Waals surface area contributed by atoms with Gasteiger partial charge in [-0.25, -0.2) is 10.9 Å². The number of benzene rings is 2. The molecule has 12 heteroatoms. The molecule has 2 atom stereocenters. The first-order valence-electron chi connectivity index (χ1n) is 8.85. The lowest BCUT2D eigenvalue weighted by atomic mass is 10.1. The monoisotopic (exact) mass is 435 g/mol. The molecule has 1 aliphatic rings. The van der Waals surface area contributed by atoms with Crippen LogP contribution in [0.15, 0.2) is 54.6 Å². The van der Waals surface area contributed by atoms with Crippen molar-refractivity contribution in [2.24, 2.45) is 0 Å². The number of hydrogen-bond donors (Lipinski definition) is 3. The molecule has 2 unspecified atom stereocenters. The number of carbonyl (C=O) groups excluding carboxylic acids is 1. The standard InChI is InChI=1S/C18H16F3N7OS/c19-18(20,21)12-7-4-8-13(9-12)28-14(23-26-27-28)10-30-17-22-16(29)15(24-25-17)11-5-2-1-3-6-11/h1-9,15,17,24-25H,10H2,(H,22,29). The van der Waals surface area contributed by atoms with Gasteiger partial charge in [0.15, 0.2) is 5.82 Å². The van der Waals surface area contributed by atoms with Gasteiger partial charge in [0.25, 0.3) is 0 Å². The average molecular weight is 435 g/mol. The van der Waals surface area contributed by atoms with Crippen molar-refractivity contribution in [3.63, 3.8) is 0 Å². The van der Waals surface area contributed by atoms with Gasteiger partial charge in [-0.1, -0.05) is 36.4 Å². The first-order valence-corrected chi connectivity index (χ1v) is 9.89. The number of thioether (sulfide) groups is 1. The van der Waals surface area contributed by atoms with E-state index in [1.54, 1.807) is 0 Å². The van der Waals surface area contributed by atoms with Gasteiger partial charge >= 0.3 is 6.18 Å². The molecule has 2 aromatic carbocycles. The van der Waals surface area contributed by atoms with Gasteiger partial charge < -0.3 is 5.32 Å². The summed E-state index contributed by atoms with van der Waals surface area (Å²) in [7, 11) is 0. The first-order chi connectivity index (χ1) is 14.4. The van der Waals surface area contributed by atoms with Gasteiger partial charge in [-0.2, -0.15) is 17.9 Å². The minimum Gasteiger partial charge on any atom is -0.329 e. The van der Waals surface area contributed by atoms with E-state index in [4.69, 9.17) is 0 Å². The maximum absolute atomic E-state index is 13.0. The molecule has 1 aliphatic heterocycles. The molecule has 0 spiro atoms. The zero-order chi connectivity index (χ0) is 21.1. The van der Waals surface area contributed by atoms with Gasteiger partial charge in [-0.15, -0.1) is 16.9 Å². The predicted octanol–water partition coefficient (Wildman–Crippen LogP) is 2.16. The molecule has 1 amide bonds. The third-order valence-corrected chi connectivity index (χ3v) is 5.35. The van der Waals surface area contributed by atoms with Crippen LogP contribution in [0.1, 0.15) is 23.0 Å². The minimum atomic E-state index is -4.46. The summed E-state index contributed by atoms with van der Waals surface area (Å²) in [5.74, 6) is 0.397. The number of halogens is 3. The lowest BCUT2D eigenvalue weighted by Gasteiger charge is -2.31. The number of hydrogen-bond acceptors (Lipinski definition) is 7. The van der Waals surface area contributed by atoms with Crippen LogP contribution in [-0.2, 0) is 16.7 Å². The van der Waals surface area contributed by atoms with Crippen molar-refractivity contribution in [1.82, 2.24) is 36.4 Å². The Morgan fingerprint density at radius 1 is 1.07 bits per heavy atom. The van der Waals surface area contributed by atoms with Crippen LogP contribution in [0.5, 0.6) is 0 Å². The summed E-state index contributed by atoms with van der Waals surface area (Å²) in [5, 5.41) is 14.1. The van der Waals surface area contributed by atoms with Crippen molar-refractivity contribution in [3.8, 4) is 5.69 Å². The fraction of sp³-hybridized carbons (Fsp3) is 0.222. The van der Waals surface area contributed by atoms with Crippen molar-refractivity contribution >= 4 is 17.7 Å². The van der Waals surface area contributed by atoms with E-state index in [0.29, 0.717) is 5.82 Å². The van der Waals surface area contributed by atoms with E-state index in [2.05, 4.69) is 31.7 Å². The number of carbonyl (C=O) groups is 1. The van der Waals surface area contributed by atoms with E-state index in [0.717, 1.165) is 17.7 Å². The molecular formula is C18H16F3N7OS. The number of hydrazine groups is 1. The zero-order valence-corrected chi connectivity index (χ0v) is 16.1. The second-order valence-corrected chi connectivity index (χ2v) is 7.48. The van der Waals surface area contributed by atoms with Crippen molar-refractivity contribution in [2.45, 2.75) is 23.5 Å². The smallest absolute Gasteiger partial charge is 0.329 e. The molecule has 0 aliphatic carbocycles. The molecule has 0 bridgehead atoms. The molecular weight excluding hydrogens is 419 g/mol. The normalized spacial score (nSPS) is 19.5. The lowest BCUT2D eigenvalue weighted by molar-refractivity contribution is -0.137. The summed E-state index contributed by atoms with van der Waals surface area (Å²) < 4.78 is 40.2. The summed E-state index contributed by atoms with van der Waals surface area (Å²) in [6.07, 6.45) is -4.46. The average Bonchev–Trinajstić information content (AvgIpc) is 3.21. The van der Waals surface area contributed by atoms with E-state index >= 15 is 0 Å². The Morgan fingerprint density at radius 2 is 1.87 bits per heavy atom. The number of aromatic nitrogens is 4. The Hall–Kier alpha value is -2.96. The summed E-state index contributed by atoms with van der Waals surface area (Å²) >= 11 is 1.28. The van der Waals surface area contributed by atoms with Crippen LogP contribution < -0.4 is 16.2 Å². The quantitative estimate of drug-likeness (QED) is 0.565. The maximum Gasteiger partial charge on any atom is 0.416 e. The Morgan fingerprint density at radius 3 is 2.60 bits per heavy atom. The van der Waals surface area contributed by atoms with Crippen LogP contribution in [0.3, 0.4) is 0 Å². The molecule has 0 saturated carbocycles. The third-order valence-electron chi connectivity index (χ3n) is 4.36. The Kier molecular flexibility index (Phi) is 5.70. The Balaban J connectivity index is 1.41. The molecule has 30 heavy (non-hydrogen) atoms. The van der Waals surface area contributed by atoms with Crippen LogP contribution in [0.2, 0.25) is 0 Å². The fourth-order valence-electron chi connectivity index (χ4n) is 2.90. The molecule has 8 nitrogen and oxygen atoms in total. The van der Waals surface area contributed by atoms with E-state index in [1.807, 2.05) is 30.3 Å². The fourth-order valence-corrected chi connectivity index (χ4v) is 3.75. The number of tetrazole rings is 1. The SMILES string of the molecule is O=C1NC(SCc2nnnn2-c2cccc(C(F)(F)F)c2)NNC1c1ccccc1. The second-order valence-electron chi connectivity index (χ2n) is 6.39. The van der Waals surface area contributed by atoms with Gasteiger partial charge in [0.05, 0.1) is 17.0 Å². The van der Waals surface area contributed by atoms with Crippen LogP contribution in [-0.4, -0.2) is 31.6 Å². The van der Waals surface area contributed by atoms with Gasteiger partial charge in [-0.05, 0) is 34.2 Å². The number of amides is 1. The summed E-state index contributed by atoms with van der Waals surface area (Å²) in [6.45, 7) is 0. The molecule has 1 fully saturated rings. The van der Waals surface area contributed by atoms with Crippen LogP contribution in [0, 0.1) is 0 Å². The highest BCUT2D eigenvalue weighted by atomic mass is 32.2. The van der Waals surface area contributed by atoms with Crippen LogP contribution in [0.4, 0.5) is 13.2 Å². The molecule has 1 aromatic heterocycles. The van der Waals surface area contributed by atoms with E-state index < -0.39 is 23.3 Å². The lowest BCUT2D eigenvalue weighted by Crippen LogP contribution is -2.60. The first kappa shape index (κ1) is 20.3. The highest BCUT2D eigenvalue weighted by Gasteiger charge is 2.31. The number of nitrogens with zero attached hydrogens (tertiary/aromatic N) is 4. The van der Waals surface area contributed by atoms with Gasteiger partial charge in [0.1, 0.15) is 11.5 Å². The summed E-state index contributed by atoms with van der Waals surface area (Å²) in [5.41, 5.74) is 5.74. The van der Waals surface area contributed by atoms with Crippen LogP contribution >= 0.6 is 11.8 Å². The predicted molar refractivity (Wildman–Crippen MR) is 103 cm³/mol. The molecule has 0 radical (unpaired) electrons. The van der Waals surface area contributed by atoms with Crippen LogP contribution in [0.25, 0.3) is 5.69 Å². The molecule has 2 heterocycles. The number of alkyl halides is 3. The van der Waals surface area contributed by atoms with Crippen molar-refractivity contribution in [2.75, 3.05) is 0 Å². The molecule has 3 aromatic rings. The molecule has 1 saturated heterocycles. The largest absolute Gasteiger partial charge is 0.416 e. The van der Waals surface area contributed by atoms with Crippen molar-refractivity contribution in [1.29, 1.82) is 0 Å². The maximum atomic E-state index is 13.0. The molecule has 156 valence electrons. The van der Waals surface area contributed by atoms with E-state index in [-0.39, 0.29) is 17.3 Å². The topological polar surface area (TPSA) is 96.8 Å². The van der Waals surface area contributed by atoms with E-state index in [9.17, 15) is 18.0 Å². The summed E-state index contributed by atoms with van der Waals surface area (Å²) in [4.78, 5) is 12.4. The van der Waals surface area contributed by atoms with Crippen molar-refractivity contribution < 1.29 is 18.0 Å². The summed E-state index contributed by atoms with van der Waals surface area (Å²) in [6, 6.07) is 13.5. The van der Waals surface area contributed by atoms with E-state index in [1.165, 1.54) is 28.6 Å². The Bertz CT molecular complexity index is 1030. The number of nitrogens with one attached hydrogen (secondary N) is 3. The van der Waals surface area contributed by atoms with Crippen molar-refractivity contribution in [3.05, 3.63) is 71.5 Å². The molecule has 4 rings (SSSR count). The van der Waals surface area contributed by atoms with Gasteiger partial charge in [0, 0.05) is 0 Å². The zero-order valence-electron chi connectivity index (χ0n) is 15.3. The second kappa shape index (κ2) is 8.42. The molecule has 3 N–H and O–H groups in total. The highest BCUT2D eigenvalue weighted by Crippen LogP contribution is 2.30. The Labute approximate surface area is 173 Å². The van der Waals surface area contributed by atoms with Gasteiger partial charge in [-0.3, -0.25) is 4.79 Å². The third kappa shape index (κ3) is 4.45.